The highest BCUT2D eigenvalue weighted by Gasteiger charge is 2.44. The number of rotatable bonds is 3. The molecule has 21 heavy (non-hydrogen) atoms. The van der Waals surface area contributed by atoms with Crippen molar-refractivity contribution in [3.8, 4) is 0 Å². The van der Waals surface area contributed by atoms with Crippen molar-refractivity contribution >= 4 is 5.97 Å². The minimum Gasteiger partial charge on any atom is -0.480 e. The van der Waals surface area contributed by atoms with E-state index in [1.165, 1.54) is 19.1 Å². The van der Waals surface area contributed by atoms with E-state index in [1.807, 2.05) is 0 Å². The molecule has 0 bridgehead atoms. The van der Waals surface area contributed by atoms with E-state index < -0.39 is 29.2 Å². The quantitative estimate of drug-likeness (QED) is 0.925. The zero-order chi connectivity index (χ0) is 15.8. The first-order valence-electron chi connectivity index (χ1n) is 7.23. The summed E-state index contributed by atoms with van der Waals surface area (Å²) in [5.74, 6) is -1.87. The molecule has 2 atom stereocenters. The average molecular weight is 297 g/mol. The van der Waals surface area contributed by atoms with E-state index >= 15 is 0 Å². The number of hydrogen-bond donors (Lipinski definition) is 1. The summed E-state index contributed by atoms with van der Waals surface area (Å²) in [7, 11) is 0. The maximum atomic E-state index is 14.1. The van der Waals surface area contributed by atoms with Crippen molar-refractivity contribution < 1.29 is 18.7 Å². The van der Waals surface area contributed by atoms with Crippen LogP contribution < -0.4 is 0 Å². The van der Waals surface area contributed by atoms with Crippen LogP contribution in [0, 0.1) is 18.6 Å². The molecular formula is C16H21F2NO2. The molecule has 1 aliphatic rings. The largest absolute Gasteiger partial charge is 0.480 e. The van der Waals surface area contributed by atoms with Crippen molar-refractivity contribution in [3.63, 3.8) is 0 Å². The number of aryl methyl sites for hydroxylation is 1. The van der Waals surface area contributed by atoms with Crippen molar-refractivity contribution in [1.29, 1.82) is 0 Å². The first-order valence-corrected chi connectivity index (χ1v) is 7.23. The number of benzene rings is 1. The topological polar surface area (TPSA) is 40.5 Å². The van der Waals surface area contributed by atoms with Gasteiger partial charge in [0.25, 0.3) is 0 Å². The van der Waals surface area contributed by atoms with Crippen LogP contribution in [0.5, 0.6) is 0 Å². The van der Waals surface area contributed by atoms with Gasteiger partial charge in [0.05, 0.1) is 0 Å². The average Bonchev–Trinajstić information content (AvgIpc) is 2.42. The molecule has 1 N–H and O–H groups in total. The molecule has 1 fully saturated rings. The van der Waals surface area contributed by atoms with Gasteiger partial charge in [0.1, 0.15) is 17.2 Å². The first-order chi connectivity index (χ1) is 9.77. The molecule has 1 aromatic carbocycles. The van der Waals surface area contributed by atoms with Crippen molar-refractivity contribution in [3.05, 3.63) is 34.9 Å². The molecule has 0 amide bonds. The molecule has 2 unspecified atom stereocenters. The lowest BCUT2D eigenvalue weighted by Crippen LogP contribution is -2.55. The van der Waals surface area contributed by atoms with Crippen LogP contribution in [0.15, 0.2) is 12.1 Å². The molecule has 3 nitrogen and oxygen atoms in total. The van der Waals surface area contributed by atoms with Crippen LogP contribution in [0.1, 0.15) is 50.3 Å². The zero-order valence-electron chi connectivity index (χ0n) is 12.6. The Balaban J connectivity index is 2.40. The third-order valence-electron chi connectivity index (χ3n) is 4.60. The summed E-state index contributed by atoms with van der Waals surface area (Å²) in [6, 6.07) is 1.87. The first kappa shape index (κ1) is 15.9. The number of piperidine rings is 1. The van der Waals surface area contributed by atoms with Crippen LogP contribution in [0.25, 0.3) is 0 Å². The predicted molar refractivity (Wildman–Crippen MR) is 76.1 cm³/mol. The molecule has 0 aliphatic carbocycles. The summed E-state index contributed by atoms with van der Waals surface area (Å²) < 4.78 is 27.9. The highest BCUT2D eigenvalue weighted by atomic mass is 19.1. The Morgan fingerprint density at radius 1 is 1.33 bits per heavy atom. The maximum absolute atomic E-state index is 14.1. The van der Waals surface area contributed by atoms with Gasteiger partial charge in [0, 0.05) is 11.6 Å². The number of nitrogens with zero attached hydrogens (tertiary/aromatic N) is 1. The standard InChI is InChI=1S/C16H21F2NO2/c1-10-8-14(18)12(9-13(10)17)11(2)19-7-5-4-6-16(19,3)15(20)21/h8-9,11H,4-7H2,1-3H3,(H,20,21). The van der Waals surface area contributed by atoms with E-state index in [0.29, 0.717) is 13.0 Å². The molecule has 1 aliphatic heterocycles. The van der Waals surface area contributed by atoms with E-state index in [4.69, 9.17) is 0 Å². The lowest BCUT2D eigenvalue weighted by Gasteiger charge is -2.45. The number of halogens is 2. The van der Waals surface area contributed by atoms with E-state index in [0.717, 1.165) is 12.8 Å². The number of carbonyl (C=O) groups is 1. The third-order valence-corrected chi connectivity index (χ3v) is 4.60. The number of hydrogen-bond acceptors (Lipinski definition) is 2. The third kappa shape index (κ3) is 2.79. The van der Waals surface area contributed by atoms with Gasteiger partial charge in [-0.3, -0.25) is 9.69 Å². The fourth-order valence-electron chi connectivity index (χ4n) is 3.14. The second-order valence-electron chi connectivity index (χ2n) is 6.03. The van der Waals surface area contributed by atoms with Gasteiger partial charge in [-0.1, -0.05) is 0 Å². The number of aliphatic carboxylic acids is 1. The molecule has 0 aromatic heterocycles. The van der Waals surface area contributed by atoms with Crippen molar-refractivity contribution in [2.75, 3.05) is 6.54 Å². The van der Waals surface area contributed by atoms with Crippen LogP contribution in [0.2, 0.25) is 0 Å². The molecular weight excluding hydrogens is 276 g/mol. The van der Waals surface area contributed by atoms with Crippen LogP contribution in [-0.4, -0.2) is 28.1 Å². The smallest absolute Gasteiger partial charge is 0.323 e. The summed E-state index contributed by atoms with van der Waals surface area (Å²) in [5, 5.41) is 9.52. The number of likely N-dealkylation sites (tertiary alicyclic amines) is 1. The van der Waals surface area contributed by atoms with Gasteiger partial charge in [-0.05, 0) is 64.3 Å². The Kier molecular flexibility index (Phi) is 4.33. The Labute approximate surface area is 123 Å². The number of carboxylic acids is 1. The summed E-state index contributed by atoms with van der Waals surface area (Å²) >= 11 is 0. The fraction of sp³-hybridized carbons (Fsp3) is 0.562. The minimum atomic E-state index is -1.04. The maximum Gasteiger partial charge on any atom is 0.323 e. The number of carboxylic acid groups (broad SMARTS) is 1. The molecule has 0 radical (unpaired) electrons. The van der Waals surface area contributed by atoms with Gasteiger partial charge in [-0.25, -0.2) is 8.78 Å². The van der Waals surface area contributed by atoms with Gasteiger partial charge in [0.15, 0.2) is 0 Å². The van der Waals surface area contributed by atoms with Crippen LogP contribution in [0.4, 0.5) is 8.78 Å². The minimum absolute atomic E-state index is 0.215. The Morgan fingerprint density at radius 3 is 2.62 bits per heavy atom. The molecule has 2 rings (SSSR count). The fourth-order valence-corrected chi connectivity index (χ4v) is 3.14. The summed E-state index contributed by atoms with van der Waals surface area (Å²) in [6.07, 6.45) is 2.21. The molecule has 1 saturated heterocycles. The van der Waals surface area contributed by atoms with E-state index in [9.17, 15) is 18.7 Å². The summed E-state index contributed by atoms with van der Waals surface area (Å²) in [6.45, 7) is 5.47. The molecule has 0 spiro atoms. The van der Waals surface area contributed by atoms with Gasteiger partial charge >= 0.3 is 5.97 Å². The van der Waals surface area contributed by atoms with E-state index in [2.05, 4.69) is 0 Å². The SMILES string of the molecule is Cc1cc(F)c(C(C)N2CCCCC2(C)C(=O)O)cc1F. The van der Waals surface area contributed by atoms with Gasteiger partial charge < -0.3 is 5.11 Å². The molecule has 1 heterocycles. The van der Waals surface area contributed by atoms with Crippen molar-refractivity contribution in [2.24, 2.45) is 0 Å². The second kappa shape index (κ2) is 5.72. The van der Waals surface area contributed by atoms with Crippen LogP contribution in [0.3, 0.4) is 0 Å². The summed E-state index contributed by atoms with van der Waals surface area (Å²) in [5.41, 5.74) is -0.568. The van der Waals surface area contributed by atoms with E-state index in [-0.39, 0.29) is 11.1 Å². The lowest BCUT2D eigenvalue weighted by molar-refractivity contribution is -0.155. The van der Waals surface area contributed by atoms with Crippen molar-refractivity contribution in [2.45, 2.75) is 51.6 Å². The highest BCUT2D eigenvalue weighted by molar-refractivity contribution is 5.78. The molecule has 5 heteroatoms. The summed E-state index contributed by atoms with van der Waals surface area (Å²) in [4.78, 5) is 13.4. The van der Waals surface area contributed by atoms with Crippen LogP contribution >= 0.6 is 0 Å². The van der Waals surface area contributed by atoms with E-state index in [1.54, 1.807) is 18.7 Å². The zero-order valence-corrected chi connectivity index (χ0v) is 12.6. The normalized spacial score (nSPS) is 24.8. The monoisotopic (exact) mass is 297 g/mol. The predicted octanol–water partition coefficient (Wildman–Crippen LogP) is 3.66. The van der Waals surface area contributed by atoms with Gasteiger partial charge in [-0.15, -0.1) is 0 Å². The second-order valence-corrected chi connectivity index (χ2v) is 6.03. The molecule has 116 valence electrons. The lowest BCUT2D eigenvalue weighted by atomic mass is 9.86. The molecule has 1 aromatic rings. The van der Waals surface area contributed by atoms with Gasteiger partial charge in [-0.2, -0.15) is 0 Å². The van der Waals surface area contributed by atoms with Crippen LogP contribution in [-0.2, 0) is 4.79 Å². The Bertz CT molecular complexity index is 561. The van der Waals surface area contributed by atoms with Crippen molar-refractivity contribution in [1.82, 2.24) is 4.90 Å². The molecule has 0 saturated carbocycles. The Hall–Kier alpha value is -1.49. The highest BCUT2D eigenvalue weighted by Crippen LogP contribution is 2.36. The van der Waals surface area contributed by atoms with Gasteiger partial charge in [0.2, 0.25) is 0 Å². The Morgan fingerprint density at radius 2 is 2.00 bits per heavy atom.